The van der Waals surface area contributed by atoms with Crippen LogP contribution in [0.25, 0.3) is 0 Å². The molecule has 0 aliphatic heterocycles. The van der Waals surface area contributed by atoms with E-state index >= 15 is 0 Å². The molecule has 0 bridgehead atoms. The van der Waals surface area contributed by atoms with Gasteiger partial charge in [0.2, 0.25) is 0 Å². The van der Waals surface area contributed by atoms with E-state index in [-0.39, 0.29) is 12.4 Å². The van der Waals surface area contributed by atoms with E-state index in [1.54, 1.807) is 0 Å². The van der Waals surface area contributed by atoms with Crippen LogP contribution in [0.1, 0.15) is 5.56 Å². The van der Waals surface area contributed by atoms with Crippen LogP contribution in [-0.4, -0.2) is 17.1 Å². The van der Waals surface area contributed by atoms with E-state index in [2.05, 4.69) is 15.9 Å². The molecular weight excluding hydrogens is 269 g/mol. The molecule has 1 aromatic carbocycles. The number of hydrogen-bond acceptors (Lipinski definition) is 2. The number of carboxylic acids is 1. The highest BCUT2D eigenvalue weighted by molar-refractivity contribution is 9.10. The van der Waals surface area contributed by atoms with E-state index in [9.17, 15) is 4.79 Å². The highest BCUT2D eigenvalue weighted by atomic mass is 79.9. The number of rotatable bonds is 3. The number of carbonyl (C=O) groups is 1. The fraction of sp³-hybridized carbons (Fsp3) is 0.222. The van der Waals surface area contributed by atoms with Crippen molar-refractivity contribution in [3.63, 3.8) is 0 Å². The van der Waals surface area contributed by atoms with Crippen molar-refractivity contribution in [2.45, 2.75) is 12.5 Å². The maximum absolute atomic E-state index is 10.5. The largest absolute Gasteiger partial charge is 0.480 e. The van der Waals surface area contributed by atoms with E-state index in [4.69, 9.17) is 10.8 Å². The molecule has 0 saturated heterocycles. The lowest BCUT2D eigenvalue weighted by atomic mass is 10.1. The number of aliphatic carboxylic acids is 1. The van der Waals surface area contributed by atoms with Gasteiger partial charge >= 0.3 is 5.97 Å². The summed E-state index contributed by atoms with van der Waals surface area (Å²) in [5, 5.41) is 8.58. The molecule has 0 fully saturated rings. The van der Waals surface area contributed by atoms with Gasteiger partial charge in [-0.15, -0.1) is 12.4 Å². The van der Waals surface area contributed by atoms with Crippen molar-refractivity contribution in [1.29, 1.82) is 0 Å². The van der Waals surface area contributed by atoms with Gasteiger partial charge in [0.1, 0.15) is 6.04 Å². The molecule has 1 rings (SSSR count). The molecule has 0 radical (unpaired) electrons. The molecule has 0 spiro atoms. The van der Waals surface area contributed by atoms with Crippen molar-refractivity contribution in [3.05, 3.63) is 34.3 Å². The topological polar surface area (TPSA) is 63.3 Å². The first-order valence-electron chi connectivity index (χ1n) is 3.82. The summed E-state index contributed by atoms with van der Waals surface area (Å²) in [5.41, 5.74) is 6.30. The van der Waals surface area contributed by atoms with Gasteiger partial charge in [0, 0.05) is 4.47 Å². The quantitative estimate of drug-likeness (QED) is 0.888. The van der Waals surface area contributed by atoms with Crippen molar-refractivity contribution in [2.75, 3.05) is 0 Å². The molecular formula is C9H11BrClNO2. The Balaban J connectivity index is 0.00000169. The molecule has 3 nitrogen and oxygen atoms in total. The van der Waals surface area contributed by atoms with Crippen LogP contribution in [0.3, 0.4) is 0 Å². The first kappa shape index (κ1) is 13.4. The zero-order valence-electron chi connectivity index (χ0n) is 7.31. The lowest BCUT2D eigenvalue weighted by molar-refractivity contribution is -0.138. The van der Waals surface area contributed by atoms with Gasteiger partial charge in [0.05, 0.1) is 0 Å². The van der Waals surface area contributed by atoms with Crippen LogP contribution in [0, 0.1) is 0 Å². The fourth-order valence-corrected chi connectivity index (χ4v) is 1.45. The van der Waals surface area contributed by atoms with Gasteiger partial charge in [-0.25, -0.2) is 0 Å². The number of hydrogen-bond donors (Lipinski definition) is 2. The van der Waals surface area contributed by atoms with E-state index in [1.807, 2.05) is 24.3 Å². The van der Waals surface area contributed by atoms with E-state index in [0.29, 0.717) is 6.42 Å². The van der Waals surface area contributed by atoms with Gasteiger partial charge in [-0.3, -0.25) is 4.79 Å². The zero-order valence-corrected chi connectivity index (χ0v) is 9.72. The van der Waals surface area contributed by atoms with Gasteiger partial charge in [0.15, 0.2) is 0 Å². The molecule has 0 amide bonds. The van der Waals surface area contributed by atoms with Gasteiger partial charge in [-0.05, 0) is 24.1 Å². The average Bonchev–Trinajstić information content (AvgIpc) is 2.04. The number of halogens is 2. The van der Waals surface area contributed by atoms with Crippen molar-refractivity contribution in [1.82, 2.24) is 0 Å². The Morgan fingerprint density at radius 3 is 2.71 bits per heavy atom. The van der Waals surface area contributed by atoms with Crippen LogP contribution >= 0.6 is 28.3 Å². The second-order valence-corrected chi connectivity index (χ2v) is 3.69. The summed E-state index contributed by atoms with van der Waals surface area (Å²) in [7, 11) is 0. The molecule has 0 aliphatic rings. The van der Waals surface area contributed by atoms with Gasteiger partial charge < -0.3 is 10.8 Å². The van der Waals surface area contributed by atoms with E-state index in [1.165, 1.54) is 0 Å². The predicted octanol–water partition coefficient (Wildman–Crippen LogP) is 1.83. The fourth-order valence-electron chi connectivity index (χ4n) is 1.01. The normalized spacial score (nSPS) is 11.6. The first-order chi connectivity index (χ1) is 6.09. The van der Waals surface area contributed by atoms with Crippen LogP contribution in [0.15, 0.2) is 28.7 Å². The predicted molar refractivity (Wildman–Crippen MR) is 60.7 cm³/mol. The maximum Gasteiger partial charge on any atom is 0.320 e. The first-order valence-corrected chi connectivity index (χ1v) is 4.61. The van der Waals surface area contributed by atoms with Crippen molar-refractivity contribution >= 4 is 34.3 Å². The van der Waals surface area contributed by atoms with Crippen LogP contribution in [-0.2, 0) is 11.2 Å². The Labute approximate surface area is 96.8 Å². The summed E-state index contributed by atoms with van der Waals surface area (Å²) >= 11 is 3.30. The van der Waals surface area contributed by atoms with Crippen molar-refractivity contribution < 1.29 is 9.90 Å². The highest BCUT2D eigenvalue weighted by Crippen LogP contribution is 2.12. The van der Waals surface area contributed by atoms with Gasteiger partial charge in [-0.1, -0.05) is 28.1 Å². The summed E-state index contributed by atoms with van der Waals surface area (Å²) < 4.78 is 0.933. The Bertz CT molecular complexity index is 319. The molecule has 5 heteroatoms. The van der Waals surface area contributed by atoms with E-state index in [0.717, 1.165) is 10.0 Å². The molecule has 1 atom stereocenters. The summed E-state index contributed by atoms with van der Waals surface area (Å²) in [6, 6.07) is 6.63. The molecule has 3 N–H and O–H groups in total. The molecule has 0 aromatic heterocycles. The second-order valence-electron chi connectivity index (χ2n) is 2.78. The SMILES string of the molecule is Cl.NC(Cc1cccc(Br)c1)C(=O)O. The molecule has 0 aliphatic carbocycles. The molecule has 14 heavy (non-hydrogen) atoms. The Hall–Kier alpha value is -0.580. The Morgan fingerprint density at radius 1 is 1.57 bits per heavy atom. The number of carboxylic acid groups (broad SMARTS) is 1. The molecule has 0 saturated carbocycles. The minimum Gasteiger partial charge on any atom is -0.480 e. The smallest absolute Gasteiger partial charge is 0.320 e. The monoisotopic (exact) mass is 279 g/mol. The third kappa shape index (κ3) is 4.09. The van der Waals surface area contributed by atoms with Gasteiger partial charge in [0.25, 0.3) is 0 Å². The van der Waals surface area contributed by atoms with Crippen molar-refractivity contribution in [2.24, 2.45) is 5.73 Å². The standard InChI is InChI=1S/C9H10BrNO2.ClH/c10-7-3-1-2-6(4-7)5-8(11)9(12)13;/h1-4,8H,5,11H2,(H,12,13);1H. The van der Waals surface area contributed by atoms with Crippen LogP contribution < -0.4 is 5.73 Å². The van der Waals surface area contributed by atoms with E-state index < -0.39 is 12.0 Å². The van der Waals surface area contributed by atoms with Gasteiger partial charge in [-0.2, -0.15) is 0 Å². The Morgan fingerprint density at radius 2 is 2.21 bits per heavy atom. The molecule has 1 aromatic rings. The summed E-state index contributed by atoms with van der Waals surface area (Å²) in [6.45, 7) is 0. The third-order valence-electron chi connectivity index (χ3n) is 1.66. The zero-order chi connectivity index (χ0) is 9.84. The van der Waals surface area contributed by atoms with Crippen molar-refractivity contribution in [3.8, 4) is 0 Å². The third-order valence-corrected chi connectivity index (χ3v) is 2.16. The minimum absolute atomic E-state index is 0. The lowest BCUT2D eigenvalue weighted by Crippen LogP contribution is -2.32. The second kappa shape index (κ2) is 6.01. The molecule has 78 valence electrons. The molecule has 0 heterocycles. The molecule has 1 unspecified atom stereocenters. The van der Waals surface area contributed by atoms with Crippen LogP contribution in [0.5, 0.6) is 0 Å². The highest BCUT2D eigenvalue weighted by Gasteiger charge is 2.11. The maximum atomic E-state index is 10.5. The Kier molecular flexibility index (Phi) is 5.76. The minimum atomic E-state index is -0.972. The number of nitrogens with two attached hydrogens (primary N) is 1. The lowest BCUT2D eigenvalue weighted by Gasteiger charge is -2.05. The average molecular weight is 281 g/mol. The number of benzene rings is 1. The van der Waals surface area contributed by atoms with Crippen LogP contribution in [0.2, 0.25) is 0 Å². The summed E-state index contributed by atoms with van der Waals surface area (Å²) in [4.78, 5) is 10.5. The van der Waals surface area contributed by atoms with Crippen LogP contribution in [0.4, 0.5) is 0 Å². The summed E-state index contributed by atoms with van der Waals surface area (Å²) in [6.07, 6.45) is 0.356. The summed E-state index contributed by atoms with van der Waals surface area (Å²) in [5.74, 6) is -0.972.